The number of aliphatic imine (C=N–C) groups is 1. The Labute approximate surface area is 153 Å². The lowest BCUT2D eigenvalue weighted by atomic mass is 10.0. The second kappa shape index (κ2) is 7.63. The van der Waals surface area contributed by atoms with Crippen molar-refractivity contribution in [2.24, 2.45) is 12.0 Å². The molecule has 1 aliphatic rings. The van der Waals surface area contributed by atoms with Crippen LogP contribution in [-0.2, 0) is 20.0 Å². The Morgan fingerprint density at radius 3 is 2.96 bits per heavy atom. The monoisotopic (exact) mass is 358 g/mol. The van der Waals surface area contributed by atoms with E-state index in [1.54, 1.807) is 11.7 Å². The van der Waals surface area contributed by atoms with Crippen LogP contribution in [-0.4, -0.2) is 46.5 Å². The molecule has 0 saturated heterocycles. The Morgan fingerprint density at radius 2 is 2.23 bits per heavy atom. The third-order valence-corrected chi connectivity index (χ3v) is 4.15. The summed E-state index contributed by atoms with van der Waals surface area (Å²) in [7, 11) is 3.59. The van der Waals surface area contributed by atoms with Gasteiger partial charge in [-0.25, -0.2) is 4.98 Å². The van der Waals surface area contributed by atoms with E-state index in [1.165, 1.54) is 11.9 Å². The van der Waals surface area contributed by atoms with Crippen LogP contribution in [0.15, 0.2) is 29.5 Å². The molecule has 8 heteroatoms. The second-order valence-electron chi connectivity index (χ2n) is 6.78. The quantitative estimate of drug-likeness (QED) is 0.460. The van der Waals surface area contributed by atoms with E-state index in [9.17, 15) is 0 Å². The van der Waals surface area contributed by atoms with Crippen LogP contribution in [0.2, 0.25) is 0 Å². The van der Waals surface area contributed by atoms with Crippen molar-refractivity contribution in [1.82, 2.24) is 25.4 Å². The van der Waals surface area contributed by atoms with Crippen LogP contribution in [0.1, 0.15) is 25.2 Å². The van der Waals surface area contributed by atoms with Crippen LogP contribution in [0.25, 0.3) is 0 Å². The topological polar surface area (TPSA) is 85.6 Å². The number of fused-ring (bicyclic) bond motifs is 1. The molecule has 0 amide bonds. The Hall–Kier alpha value is -2.77. The number of ether oxygens (including phenoxy) is 2. The minimum Gasteiger partial charge on any atom is -0.488 e. The summed E-state index contributed by atoms with van der Waals surface area (Å²) < 4.78 is 13.7. The average molecular weight is 358 g/mol. The summed E-state index contributed by atoms with van der Waals surface area (Å²) in [6.45, 7) is 5.85. The second-order valence-corrected chi connectivity index (χ2v) is 6.78. The van der Waals surface area contributed by atoms with Gasteiger partial charge in [0.15, 0.2) is 17.5 Å². The molecule has 0 fully saturated rings. The number of hydrogen-bond acceptors (Lipinski definition) is 5. The zero-order chi connectivity index (χ0) is 18.6. The standard InChI is InChI=1S/C18H26N6O2/c1-18(2)10-13-6-5-7-14(16(13)26-18)25-9-8-20-17(19-3)21-11-15-22-12-23-24(15)4/h5-7,12H,8-11H2,1-4H3,(H2,19,20,21). The summed E-state index contributed by atoms with van der Waals surface area (Å²) in [5, 5.41) is 10.5. The molecule has 26 heavy (non-hydrogen) atoms. The molecular weight excluding hydrogens is 332 g/mol. The minimum absolute atomic E-state index is 0.175. The molecule has 1 aromatic carbocycles. The highest BCUT2D eigenvalue weighted by Crippen LogP contribution is 2.41. The van der Waals surface area contributed by atoms with Crippen molar-refractivity contribution in [2.45, 2.75) is 32.4 Å². The van der Waals surface area contributed by atoms with Crippen LogP contribution in [0.4, 0.5) is 0 Å². The third-order valence-electron chi connectivity index (χ3n) is 4.15. The van der Waals surface area contributed by atoms with Crippen LogP contribution in [0.5, 0.6) is 11.5 Å². The van der Waals surface area contributed by atoms with E-state index in [4.69, 9.17) is 9.47 Å². The summed E-state index contributed by atoms with van der Waals surface area (Å²) in [6.07, 6.45) is 2.43. The van der Waals surface area contributed by atoms with Gasteiger partial charge in [0.05, 0.1) is 13.1 Å². The normalized spacial score (nSPS) is 15.3. The average Bonchev–Trinajstić information content (AvgIpc) is 3.15. The maximum Gasteiger partial charge on any atom is 0.191 e. The molecule has 0 radical (unpaired) electrons. The summed E-state index contributed by atoms with van der Waals surface area (Å²) in [4.78, 5) is 8.37. The van der Waals surface area contributed by atoms with Gasteiger partial charge in [-0.15, -0.1) is 0 Å². The highest BCUT2D eigenvalue weighted by Gasteiger charge is 2.32. The van der Waals surface area contributed by atoms with Gasteiger partial charge < -0.3 is 20.1 Å². The first-order valence-electron chi connectivity index (χ1n) is 8.69. The van der Waals surface area contributed by atoms with Crippen molar-refractivity contribution in [1.29, 1.82) is 0 Å². The van der Waals surface area contributed by atoms with Crippen LogP contribution in [0.3, 0.4) is 0 Å². The van der Waals surface area contributed by atoms with Crippen LogP contribution >= 0.6 is 0 Å². The first kappa shape index (κ1) is 18.0. The van der Waals surface area contributed by atoms with Crippen molar-refractivity contribution < 1.29 is 9.47 Å². The predicted octanol–water partition coefficient (Wildman–Crippen LogP) is 1.27. The molecule has 2 aromatic rings. The molecule has 0 aliphatic carbocycles. The van der Waals surface area contributed by atoms with E-state index in [1.807, 2.05) is 19.2 Å². The van der Waals surface area contributed by atoms with E-state index in [0.29, 0.717) is 25.7 Å². The molecule has 0 unspecified atom stereocenters. The Balaban J connectivity index is 1.46. The van der Waals surface area contributed by atoms with E-state index in [2.05, 4.69) is 45.6 Å². The van der Waals surface area contributed by atoms with Gasteiger partial charge in [-0.2, -0.15) is 5.10 Å². The van der Waals surface area contributed by atoms with Gasteiger partial charge in [0, 0.05) is 26.1 Å². The number of rotatable bonds is 6. The predicted molar refractivity (Wildman–Crippen MR) is 99.6 cm³/mol. The molecule has 3 rings (SSSR count). The fourth-order valence-electron chi connectivity index (χ4n) is 2.90. The van der Waals surface area contributed by atoms with Crippen LogP contribution < -0.4 is 20.1 Å². The summed E-state index contributed by atoms with van der Waals surface area (Å²) >= 11 is 0. The van der Waals surface area contributed by atoms with Gasteiger partial charge in [0.25, 0.3) is 0 Å². The zero-order valence-electron chi connectivity index (χ0n) is 15.7. The molecule has 140 valence electrons. The maximum atomic E-state index is 6.02. The number of hydrogen-bond donors (Lipinski definition) is 2. The van der Waals surface area contributed by atoms with Crippen molar-refractivity contribution in [2.75, 3.05) is 20.2 Å². The minimum atomic E-state index is -0.175. The molecule has 1 aliphatic heterocycles. The number of guanidine groups is 1. The van der Waals surface area contributed by atoms with Crippen molar-refractivity contribution in [3.8, 4) is 11.5 Å². The van der Waals surface area contributed by atoms with Crippen molar-refractivity contribution in [3.63, 3.8) is 0 Å². The molecule has 0 bridgehead atoms. The summed E-state index contributed by atoms with van der Waals surface area (Å²) in [5.74, 6) is 3.18. The van der Waals surface area contributed by atoms with Crippen molar-refractivity contribution in [3.05, 3.63) is 35.9 Å². The van der Waals surface area contributed by atoms with Crippen LogP contribution in [0, 0.1) is 0 Å². The fourth-order valence-corrected chi connectivity index (χ4v) is 2.90. The largest absolute Gasteiger partial charge is 0.488 e. The first-order valence-corrected chi connectivity index (χ1v) is 8.69. The molecule has 2 heterocycles. The zero-order valence-corrected chi connectivity index (χ0v) is 15.7. The van der Waals surface area contributed by atoms with Gasteiger partial charge in [-0.3, -0.25) is 9.67 Å². The fraction of sp³-hybridized carbons (Fsp3) is 0.500. The molecular formula is C18H26N6O2. The maximum absolute atomic E-state index is 6.02. The van der Waals surface area contributed by atoms with Gasteiger partial charge in [-0.1, -0.05) is 12.1 Å². The smallest absolute Gasteiger partial charge is 0.191 e. The van der Waals surface area contributed by atoms with E-state index < -0.39 is 0 Å². The molecule has 0 spiro atoms. The Morgan fingerprint density at radius 1 is 1.38 bits per heavy atom. The molecule has 2 N–H and O–H groups in total. The Kier molecular flexibility index (Phi) is 5.29. The van der Waals surface area contributed by atoms with Crippen molar-refractivity contribution >= 4 is 5.96 Å². The number of nitrogens with one attached hydrogen (secondary N) is 2. The number of para-hydroxylation sites is 1. The summed E-state index contributed by atoms with van der Waals surface area (Å²) in [6, 6.07) is 6.04. The first-order chi connectivity index (χ1) is 12.5. The SMILES string of the molecule is CN=C(NCCOc1cccc2c1OC(C)(C)C2)NCc1ncnn1C. The van der Waals surface area contributed by atoms with Gasteiger partial charge in [-0.05, 0) is 19.9 Å². The van der Waals surface area contributed by atoms with E-state index in [0.717, 1.165) is 23.7 Å². The van der Waals surface area contributed by atoms with E-state index in [-0.39, 0.29) is 5.60 Å². The Bertz CT molecular complexity index is 784. The number of benzene rings is 1. The third kappa shape index (κ3) is 4.25. The van der Waals surface area contributed by atoms with Gasteiger partial charge in [0.1, 0.15) is 24.4 Å². The summed E-state index contributed by atoms with van der Waals surface area (Å²) in [5.41, 5.74) is 1.02. The lowest BCUT2D eigenvalue weighted by Crippen LogP contribution is -2.39. The number of aromatic nitrogens is 3. The lowest BCUT2D eigenvalue weighted by Gasteiger charge is -2.18. The van der Waals surface area contributed by atoms with Gasteiger partial charge >= 0.3 is 0 Å². The molecule has 1 aromatic heterocycles. The van der Waals surface area contributed by atoms with Gasteiger partial charge in [0.2, 0.25) is 0 Å². The highest BCUT2D eigenvalue weighted by molar-refractivity contribution is 5.79. The highest BCUT2D eigenvalue weighted by atomic mass is 16.5. The molecule has 0 saturated carbocycles. The molecule has 8 nitrogen and oxygen atoms in total. The number of nitrogens with zero attached hydrogens (tertiary/aromatic N) is 4. The lowest BCUT2D eigenvalue weighted by molar-refractivity contribution is 0.132. The van der Waals surface area contributed by atoms with E-state index >= 15 is 0 Å². The molecule has 0 atom stereocenters. The number of aryl methyl sites for hydroxylation is 1.